The zero-order chi connectivity index (χ0) is 14.9. The molecule has 21 heavy (non-hydrogen) atoms. The van der Waals surface area contributed by atoms with Crippen molar-refractivity contribution in [1.29, 1.82) is 0 Å². The van der Waals surface area contributed by atoms with Crippen LogP contribution in [-0.4, -0.2) is 19.7 Å². The molecule has 1 saturated carbocycles. The SMILES string of the molecule is CCCNC1CCCCC(CCc2ccc(OC)cc2)C1. The van der Waals surface area contributed by atoms with Crippen LogP contribution in [0.25, 0.3) is 0 Å². The van der Waals surface area contributed by atoms with Crippen LogP contribution < -0.4 is 10.1 Å². The number of hydrogen-bond acceptors (Lipinski definition) is 2. The molecule has 0 bridgehead atoms. The van der Waals surface area contributed by atoms with Crippen molar-refractivity contribution in [3.8, 4) is 5.75 Å². The molecule has 0 aliphatic heterocycles. The van der Waals surface area contributed by atoms with Crippen LogP contribution in [0.4, 0.5) is 0 Å². The van der Waals surface area contributed by atoms with E-state index in [1.807, 2.05) is 0 Å². The summed E-state index contributed by atoms with van der Waals surface area (Å²) in [4.78, 5) is 0. The average Bonchev–Trinajstić information content (AvgIpc) is 2.76. The zero-order valence-electron chi connectivity index (χ0n) is 13.7. The van der Waals surface area contributed by atoms with Crippen molar-refractivity contribution in [2.75, 3.05) is 13.7 Å². The third kappa shape index (κ3) is 5.70. The first kappa shape index (κ1) is 16.4. The molecule has 0 radical (unpaired) electrons. The molecule has 1 aliphatic carbocycles. The minimum absolute atomic E-state index is 0.758. The molecule has 2 unspecified atom stereocenters. The molecular formula is C19H31NO. The number of hydrogen-bond donors (Lipinski definition) is 1. The van der Waals surface area contributed by atoms with E-state index in [-0.39, 0.29) is 0 Å². The molecule has 1 fully saturated rings. The van der Waals surface area contributed by atoms with Crippen molar-refractivity contribution in [2.24, 2.45) is 5.92 Å². The van der Waals surface area contributed by atoms with E-state index in [0.717, 1.165) is 17.7 Å². The fraction of sp³-hybridized carbons (Fsp3) is 0.684. The van der Waals surface area contributed by atoms with Gasteiger partial charge >= 0.3 is 0 Å². The Hall–Kier alpha value is -1.02. The van der Waals surface area contributed by atoms with Gasteiger partial charge in [-0.25, -0.2) is 0 Å². The van der Waals surface area contributed by atoms with E-state index in [1.54, 1.807) is 7.11 Å². The molecule has 118 valence electrons. The second-order valence-corrected chi connectivity index (χ2v) is 6.42. The molecule has 0 spiro atoms. The van der Waals surface area contributed by atoms with Gasteiger partial charge in [0.15, 0.2) is 0 Å². The van der Waals surface area contributed by atoms with Gasteiger partial charge in [0.2, 0.25) is 0 Å². The van der Waals surface area contributed by atoms with Gasteiger partial charge in [-0.1, -0.05) is 38.3 Å². The standard InChI is InChI=1S/C19H31NO/c1-3-14-20-18-7-5-4-6-17(15-18)9-8-16-10-12-19(21-2)13-11-16/h10-13,17-18,20H,3-9,14-15H2,1-2H3. The van der Waals surface area contributed by atoms with Gasteiger partial charge in [0.25, 0.3) is 0 Å². The van der Waals surface area contributed by atoms with E-state index in [2.05, 4.69) is 36.5 Å². The fourth-order valence-electron chi connectivity index (χ4n) is 3.42. The molecular weight excluding hydrogens is 258 g/mol. The molecule has 1 N–H and O–H groups in total. The first-order valence-electron chi connectivity index (χ1n) is 8.68. The second kappa shape index (κ2) is 9.09. The quantitative estimate of drug-likeness (QED) is 0.742. The first-order chi connectivity index (χ1) is 10.3. The summed E-state index contributed by atoms with van der Waals surface area (Å²) >= 11 is 0. The normalized spacial score (nSPS) is 22.8. The van der Waals surface area contributed by atoms with E-state index in [0.29, 0.717) is 0 Å². The molecule has 0 heterocycles. The lowest BCUT2D eigenvalue weighted by atomic mass is 9.91. The summed E-state index contributed by atoms with van der Waals surface area (Å²) in [6, 6.07) is 9.33. The number of rotatable bonds is 7. The lowest BCUT2D eigenvalue weighted by Gasteiger charge is -2.21. The van der Waals surface area contributed by atoms with Crippen molar-refractivity contribution in [3.63, 3.8) is 0 Å². The van der Waals surface area contributed by atoms with Crippen molar-refractivity contribution < 1.29 is 4.74 Å². The number of ether oxygens (including phenoxy) is 1. The van der Waals surface area contributed by atoms with Crippen molar-refractivity contribution in [1.82, 2.24) is 5.32 Å². The molecule has 1 aliphatic rings. The molecule has 2 rings (SSSR count). The van der Waals surface area contributed by atoms with Crippen LogP contribution in [0.1, 0.15) is 57.4 Å². The molecule has 0 amide bonds. The fourth-order valence-corrected chi connectivity index (χ4v) is 3.42. The topological polar surface area (TPSA) is 21.3 Å². The van der Waals surface area contributed by atoms with Crippen molar-refractivity contribution >= 4 is 0 Å². The summed E-state index contributed by atoms with van der Waals surface area (Å²) in [5, 5.41) is 3.74. The Labute approximate surface area is 130 Å². The minimum Gasteiger partial charge on any atom is -0.497 e. The Morgan fingerprint density at radius 1 is 1.14 bits per heavy atom. The second-order valence-electron chi connectivity index (χ2n) is 6.42. The summed E-state index contributed by atoms with van der Waals surface area (Å²) in [5.41, 5.74) is 1.44. The van der Waals surface area contributed by atoms with Crippen molar-refractivity contribution in [3.05, 3.63) is 29.8 Å². The highest BCUT2D eigenvalue weighted by Crippen LogP contribution is 2.27. The number of nitrogens with one attached hydrogen (secondary N) is 1. The largest absolute Gasteiger partial charge is 0.497 e. The van der Waals surface area contributed by atoms with Crippen LogP contribution in [0.3, 0.4) is 0 Å². The van der Waals surface area contributed by atoms with Crippen LogP contribution in [0.2, 0.25) is 0 Å². The summed E-state index contributed by atoms with van der Waals surface area (Å²) < 4.78 is 5.22. The Balaban J connectivity index is 1.79. The van der Waals surface area contributed by atoms with Gasteiger partial charge in [0.1, 0.15) is 5.75 Å². The maximum absolute atomic E-state index is 5.22. The van der Waals surface area contributed by atoms with Gasteiger partial charge in [0, 0.05) is 6.04 Å². The Morgan fingerprint density at radius 3 is 2.62 bits per heavy atom. The van der Waals surface area contributed by atoms with Gasteiger partial charge in [-0.05, 0) is 62.3 Å². The van der Waals surface area contributed by atoms with Crippen LogP contribution in [0.15, 0.2) is 24.3 Å². The Morgan fingerprint density at radius 2 is 1.90 bits per heavy atom. The number of benzene rings is 1. The molecule has 0 saturated heterocycles. The summed E-state index contributed by atoms with van der Waals surface area (Å²) in [6.07, 6.45) is 10.8. The van der Waals surface area contributed by atoms with E-state index < -0.39 is 0 Å². The zero-order valence-corrected chi connectivity index (χ0v) is 13.7. The molecule has 2 nitrogen and oxygen atoms in total. The highest BCUT2D eigenvalue weighted by Gasteiger charge is 2.19. The van der Waals surface area contributed by atoms with Crippen LogP contribution in [0.5, 0.6) is 5.75 Å². The molecule has 1 aromatic rings. The maximum Gasteiger partial charge on any atom is 0.118 e. The average molecular weight is 289 g/mol. The third-order valence-electron chi connectivity index (χ3n) is 4.72. The van der Waals surface area contributed by atoms with E-state index in [9.17, 15) is 0 Å². The summed E-state index contributed by atoms with van der Waals surface area (Å²) in [7, 11) is 1.73. The smallest absolute Gasteiger partial charge is 0.118 e. The first-order valence-corrected chi connectivity index (χ1v) is 8.68. The molecule has 2 heteroatoms. The summed E-state index contributed by atoms with van der Waals surface area (Å²) in [6.45, 7) is 3.43. The third-order valence-corrected chi connectivity index (χ3v) is 4.72. The van der Waals surface area contributed by atoms with Gasteiger partial charge in [-0.15, -0.1) is 0 Å². The molecule has 2 atom stereocenters. The van der Waals surface area contributed by atoms with Gasteiger partial charge < -0.3 is 10.1 Å². The summed E-state index contributed by atoms with van der Waals surface area (Å²) in [5.74, 6) is 1.85. The van der Waals surface area contributed by atoms with Gasteiger partial charge in [0.05, 0.1) is 7.11 Å². The Kier molecular flexibility index (Phi) is 7.08. The van der Waals surface area contributed by atoms with Crippen LogP contribution >= 0.6 is 0 Å². The van der Waals surface area contributed by atoms with Crippen molar-refractivity contribution in [2.45, 2.75) is 64.3 Å². The van der Waals surface area contributed by atoms with E-state index in [4.69, 9.17) is 4.74 Å². The monoisotopic (exact) mass is 289 g/mol. The van der Waals surface area contributed by atoms with Crippen LogP contribution in [0, 0.1) is 5.92 Å². The van der Waals surface area contributed by atoms with Crippen LogP contribution in [-0.2, 0) is 6.42 Å². The Bertz CT molecular complexity index is 387. The molecule has 1 aromatic carbocycles. The van der Waals surface area contributed by atoms with Gasteiger partial charge in [-0.2, -0.15) is 0 Å². The van der Waals surface area contributed by atoms with E-state index >= 15 is 0 Å². The number of methoxy groups -OCH3 is 1. The van der Waals surface area contributed by atoms with Gasteiger partial charge in [-0.3, -0.25) is 0 Å². The highest BCUT2D eigenvalue weighted by atomic mass is 16.5. The lowest BCUT2D eigenvalue weighted by molar-refractivity contribution is 0.368. The predicted molar refractivity (Wildman–Crippen MR) is 90.0 cm³/mol. The predicted octanol–water partition coefficient (Wildman–Crippen LogP) is 4.58. The lowest BCUT2D eigenvalue weighted by Crippen LogP contribution is -2.30. The maximum atomic E-state index is 5.22. The minimum atomic E-state index is 0.758. The highest BCUT2D eigenvalue weighted by molar-refractivity contribution is 5.27. The van der Waals surface area contributed by atoms with E-state index in [1.165, 1.54) is 63.5 Å². The number of aryl methyl sites for hydroxylation is 1. The molecule has 0 aromatic heterocycles.